The Hall–Kier alpha value is -1.06. The van der Waals surface area contributed by atoms with Crippen molar-refractivity contribution >= 4 is 45.3 Å². The van der Waals surface area contributed by atoms with E-state index in [9.17, 15) is 0 Å². The highest BCUT2D eigenvalue weighted by atomic mass is 32.2. The monoisotopic (exact) mass is 285 g/mol. The summed E-state index contributed by atoms with van der Waals surface area (Å²) < 4.78 is 0.617. The van der Waals surface area contributed by atoms with Gasteiger partial charge in [0.25, 0.3) is 0 Å². The Kier molecular flexibility index (Phi) is 2.97. The van der Waals surface area contributed by atoms with Crippen LogP contribution in [0.3, 0.4) is 0 Å². The Labute approximate surface area is 121 Å². The predicted molar refractivity (Wildman–Crippen MR) is 88.1 cm³/mol. The summed E-state index contributed by atoms with van der Waals surface area (Å²) in [6, 6.07) is 15.5. The van der Waals surface area contributed by atoms with Gasteiger partial charge in [0.2, 0.25) is 0 Å². The molecule has 0 spiro atoms. The van der Waals surface area contributed by atoms with Crippen molar-refractivity contribution in [1.82, 2.24) is 4.98 Å². The first-order chi connectivity index (χ1) is 9.42. The molecule has 1 N–H and O–H groups in total. The third kappa shape index (κ3) is 2.05. The minimum Gasteiger partial charge on any atom is -0.355 e. The molecule has 3 aromatic rings. The molecule has 1 nitrogen and oxygen atoms in total. The number of hydrogen-bond donors (Lipinski definition) is 1. The van der Waals surface area contributed by atoms with Crippen LogP contribution in [0.15, 0.2) is 42.5 Å². The number of fused-ring (bicyclic) bond motifs is 3. The molecule has 1 aromatic heterocycles. The van der Waals surface area contributed by atoms with Crippen molar-refractivity contribution in [3.63, 3.8) is 0 Å². The Bertz CT molecular complexity index is 726. The predicted octanol–water partition coefficient (Wildman–Crippen LogP) is 5.19. The summed E-state index contributed by atoms with van der Waals surface area (Å²) in [5.41, 5.74) is 3.95. The molecule has 1 aliphatic heterocycles. The van der Waals surface area contributed by atoms with E-state index in [1.165, 1.54) is 45.3 Å². The lowest BCUT2D eigenvalue weighted by Gasteiger charge is -2.21. The molecule has 0 radical (unpaired) electrons. The smallest absolute Gasteiger partial charge is 0.0751 e. The van der Waals surface area contributed by atoms with E-state index >= 15 is 0 Å². The van der Waals surface area contributed by atoms with Crippen molar-refractivity contribution in [3.8, 4) is 0 Å². The number of nitrogens with one attached hydrogen (secondary N) is 1. The lowest BCUT2D eigenvalue weighted by atomic mass is 10.1. The molecule has 3 heteroatoms. The average Bonchev–Trinajstić information content (AvgIpc) is 2.86. The lowest BCUT2D eigenvalue weighted by Crippen LogP contribution is -1.99. The quantitative estimate of drug-likeness (QED) is 0.662. The molecule has 2 heterocycles. The van der Waals surface area contributed by atoms with Crippen LogP contribution in [0.4, 0.5) is 0 Å². The number of aromatic amines is 1. The van der Waals surface area contributed by atoms with Crippen LogP contribution in [0.2, 0.25) is 0 Å². The topological polar surface area (TPSA) is 15.8 Å². The molecule has 0 amide bonds. The van der Waals surface area contributed by atoms with E-state index in [0.29, 0.717) is 4.58 Å². The van der Waals surface area contributed by atoms with Crippen LogP contribution in [0.25, 0.3) is 21.8 Å². The van der Waals surface area contributed by atoms with Crippen LogP contribution in [0.5, 0.6) is 0 Å². The third-order valence-electron chi connectivity index (χ3n) is 3.63. The maximum absolute atomic E-state index is 3.49. The molecule has 0 aliphatic carbocycles. The molecule has 19 heavy (non-hydrogen) atoms. The maximum atomic E-state index is 3.49. The number of H-pyrrole nitrogens is 1. The van der Waals surface area contributed by atoms with Crippen molar-refractivity contribution in [2.45, 2.75) is 11.0 Å². The summed E-state index contributed by atoms with van der Waals surface area (Å²) >= 11 is 4.17. The average molecular weight is 285 g/mol. The number of thioether (sulfide) groups is 2. The largest absolute Gasteiger partial charge is 0.355 e. The van der Waals surface area contributed by atoms with Gasteiger partial charge in [-0.3, -0.25) is 0 Å². The van der Waals surface area contributed by atoms with Gasteiger partial charge in [0.05, 0.1) is 4.58 Å². The number of hydrogen-bond acceptors (Lipinski definition) is 2. The van der Waals surface area contributed by atoms with Crippen molar-refractivity contribution in [1.29, 1.82) is 0 Å². The molecule has 2 aromatic carbocycles. The first kappa shape index (κ1) is 11.7. The molecule has 0 unspecified atom stereocenters. The second-order valence-corrected chi connectivity index (χ2v) is 7.63. The summed E-state index contributed by atoms with van der Waals surface area (Å²) in [7, 11) is 0. The van der Waals surface area contributed by atoms with Gasteiger partial charge in [0.15, 0.2) is 0 Å². The van der Waals surface area contributed by atoms with Crippen LogP contribution in [-0.4, -0.2) is 16.5 Å². The zero-order valence-electron chi connectivity index (χ0n) is 10.6. The molecular weight excluding hydrogens is 270 g/mol. The van der Waals surface area contributed by atoms with E-state index in [2.05, 4.69) is 71.0 Å². The first-order valence-electron chi connectivity index (χ1n) is 6.65. The third-order valence-corrected chi connectivity index (χ3v) is 6.64. The summed E-state index contributed by atoms with van der Waals surface area (Å²) in [4.78, 5) is 3.49. The van der Waals surface area contributed by atoms with E-state index < -0.39 is 0 Å². The molecule has 4 rings (SSSR count). The van der Waals surface area contributed by atoms with Gasteiger partial charge >= 0.3 is 0 Å². The highest BCUT2D eigenvalue weighted by Crippen LogP contribution is 2.44. The first-order valence-corrected chi connectivity index (χ1v) is 8.75. The minimum absolute atomic E-state index is 0.617. The van der Waals surface area contributed by atoms with Crippen LogP contribution < -0.4 is 0 Å². The number of benzene rings is 2. The Balaban J connectivity index is 1.87. The van der Waals surface area contributed by atoms with E-state index in [-0.39, 0.29) is 0 Å². The highest BCUT2D eigenvalue weighted by molar-refractivity contribution is 8.16. The van der Waals surface area contributed by atoms with Crippen LogP contribution in [0.1, 0.15) is 16.6 Å². The second-order valence-electron chi connectivity index (χ2n) is 4.90. The van der Waals surface area contributed by atoms with Crippen LogP contribution >= 0.6 is 23.5 Å². The summed E-state index contributed by atoms with van der Waals surface area (Å²) in [5, 5.41) is 2.70. The van der Waals surface area contributed by atoms with E-state index in [0.717, 1.165) is 0 Å². The fraction of sp³-hybridized carbons (Fsp3) is 0.250. The normalized spacial score (nSPS) is 17.3. The fourth-order valence-corrected chi connectivity index (χ4v) is 5.57. The van der Waals surface area contributed by atoms with Gasteiger partial charge in [-0.05, 0) is 41.7 Å². The van der Waals surface area contributed by atoms with Crippen molar-refractivity contribution in [2.75, 3.05) is 11.5 Å². The van der Waals surface area contributed by atoms with Crippen LogP contribution in [0, 0.1) is 0 Å². The second kappa shape index (κ2) is 4.80. The van der Waals surface area contributed by atoms with Crippen LogP contribution in [-0.2, 0) is 0 Å². The Morgan fingerprint density at radius 3 is 2.58 bits per heavy atom. The van der Waals surface area contributed by atoms with Gasteiger partial charge < -0.3 is 4.98 Å². The zero-order valence-corrected chi connectivity index (χ0v) is 12.2. The molecule has 0 saturated carbocycles. The van der Waals surface area contributed by atoms with Gasteiger partial charge in [-0.2, -0.15) is 0 Å². The van der Waals surface area contributed by atoms with E-state index in [1.807, 2.05) is 0 Å². The van der Waals surface area contributed by atoms with E-state index in [1.54, 1.807) is 0 Å². The van der Waals surface area contributed by atoms with Gasteiger partial charge in [0.1, 0.15) is 0 Å². The highest BCUT2D eigenvalue weighted by Gasteiger charge is 2.17. The molecule has 0 atom stereocenters. The van der Waals surface area contributed by atoms with Gasteiger partial charge in [-0.25, -0.2) is 0 Å². The molecule has 1 aliphatic rings. The number of para-hydroxylation sites is 1. The minimum atomic E-state index is 0.617. The molecule has 1 fully saturated rings. The molecular formula is C16H15NS2. The summed E-state index contributed by atoms with van der Waals surface area (Å²) in [6.45, 7) is 0. The van der Waals surface area contributed by atoms with Gasteiger partial charge in [0, 0.05) is 21.8 Å². The Morgan fingerprint density at radius 1 is 0.895 bits per heavy atom. The van der Waals surface area contributed by atoms with Crippen molar-refractivity contribution in [3.05, 3.63) is 48.0 Å². The van der Waals surface area contributed by atoms with Crippen molar-refractivity contribution < 1.29 is 0 Å². The number of aromatic nitrogens is 1. The zero-order chi connectivity index (χ0) is 12.7. The SMILES string of the molecule is c1ccc2c(c1)[nH]c1ccc(C3SCCCS3)cc12. The molecule has 0 bridgehead atoms. The standard InChI is InChI=1S/C16H15NS2/c1-2-5-14-12(4-1)13-10-11(6-7-15(13)17-14)16-18-8-3-9-19-16/h1-2,4-7,10,16-17H,3,8-9H2. The van der Waals surface area contributed by atoms with E-state index in [4.69, 9.17) is 0 Å². The van der Waals surface area contributed by atoms with Gasteiger partial charge in [-0.15, -0.1) is 23.5 Å². The van der Waals surface area contributed by atoms with Crippen molar-refractivity contribution in [2.24, 2.45) is 0 Å². The lowest BCUT2D eigenvalue weighted by molar-refractivity contribution is 1.10. The summed E-state index contributed by atoms with van der Waals surface area (Å²) in [6.07, 6.45) is 1.35. The molecule has 96 valence electrons. The maximum Gasteiger partial charge on any atom is 0.0751 e. The fourth-order valence-electron chi connectivity index (χ4n) is 2.69. The molecule has 1 saturated heterocycles. The Morgan fingerprint density at radius 2 is 1.68 bits per heavy atom. The summed E-state index contributed by atoms with van der Waals surface area (Å²) in [5.74, 6) is 2.59. The number of rotatable bonds is 1. The van der Waals surface area contributed by atoms with Gasteiger partial charge in [-0.1, -0.05) is 24.3 Å².